The number of rotatable bonds is 5. The smallest absolute Gasteiger partial charge is 0.324 e. The SMILES string of the molecule is CCOc1ccccc1N1CCN([C@@H](C)C(=O)N2CCNC2=O)CC1. The van der Waals surface area contributed by atoms with E-state index < -0.39 is 0 Å². The molecule has 1 N–H and O–H groups in total. The van der Waals surface area contributed by atoms with Gasteiger partial charge in [-0.3, -0.25) is 14.6 Å². The van der Waals surface area contributed by atoms with E-state index in [1.165, 1.54) is 4.90 Å². The van der Waals surface area contributed by atoms with Crippen molar-refractivity contribution in [1.82, 2.24) is 15.1 Å². The molecule has 2 aliphatic rings. The molecule has 1 aromatic carbocycles. The highest BCUT2D eigenvalue weighted by molar-refractivity contribution is 5.98. The number of urea groups is 1. The van der Waals surface area contributed by atoms with Crippen molar-refractivity contribution in [3.63, 3.8) is 0 Å². The summed E-state index contributed by atoms with van der Waals surface area (Å²) in [5, 5.41) is 2.68. The highest BCUT2D eigenvalue weighted by Crippen LogP contribution is 2.29. The van der Waals surface area contributed by atoms with Crippen molar-refractivity contribution in [2.75, 3.05) is 50.8 Å². The Balaban J connectivity index is 1.60. The molecule has 0 aliphatic carbocycles. The van der Waals surface area contributed by atoms with Crippen LogP contribution in [0.25, 0.3) is 0 Å². The van der Waals surface area contributed by atoms with Crippen LogP contribution in [0.1, 0.15) is 13.8 Å². The fourth-order valence-electron chi connectivity index (χ4n) is 3.41. The number of nitrogens with one attached hydrogen (secondary N) is 1. The summed E-state index contributed by atoms with van der Waals surface area (Å²) in [6.45, 7) is 8.73. The summed E-state index contributed by atoms with van der Waals surface area (Å²) in [4.78, 5) is 30.0. The summed E-state index contributed by atoms with van der Waals surface area (Å²) < 4.78 is 5.72. The van der Waals surface area contributed by atoms with E-state index in [0.717, 1.165) is 37.6 Å². The second-order valence-corrected chi connectivity index (χ2v) is 6.32. The van der Waals surface area contributed by atoms with E-state index in [0.29, 0.717) is 19.7 Å². The topological polar surface area (TPSA) is 65.1 Å². The number of anilines is 1. The molecular formula is C18H26N4O3. The number of imide groups is 1. The molecule has 3 rings (SSSR count). The Morgan fingerprint density at radius 2 is 1.92 bits per heavy atom. The summed E-state index contributed by atoms with van der Waals surface area (Å²) in [7, 11) is 0. The lowest BCUT2D eigenvalue weighted by Gasteiger charge is -2.39. The van der Waals surface area contributed by atoms with Crippen molar-refractivity contribution in [1.29, 1.82) is 0 Å². The second kappa shape index (κ2) is 7.74. The lowest BCUT2D eigenvalue weighted by atomic mass is 10.2. The quantitative estimate of drug-likeness (QED) is 0.866. The number of para-hydroxylation sites is 2. The Kier molecular flexibility index (Phi) is 5.43. The third kappa shape index (κ3) is 3.71. The third-order valence-corrected chi connectivity index (χ3v) is 4.85. The number of carbonyl (C=O) groups is 2. The molecule has 7 nitrogen and oxygen atoms in total. The Morgan fingerprint density at radius 1 is 1.20 bits per heavy atom. The predicted molar refractivity (Wildman–Crippen MR) is 96.0 cm³/mol. The second-order valence-electron chi connectivity index (χ2n) is 6.32. The summed E-state index contributed by atoms with van der Waals surface area (Å²) in [6.07, 6.45) is 0. The molecule has 0 radical (unpaired) electrons. The van der Waals surface area contributed by atoms with Crippen LogP contribution in [-0.2, 0) is 4.79 Å². The zero-order chi connectivity index (χ0) is 17.8. The molecule has 0 bridgehead atoms. The highest BCUT2D eigenvalue weighted by atomic mass is 16.5. The van der Waals surface area contributed by atoms with Crippen LogP contribution in [0.3, 0.4) is 0 Å². The van der Waals surface area contributed by atoms with Crippen LogP contribution in [0.4, 0.5) is 10.5 Å². The average molecular weight is 346 g/mol. The van der Waals surface area contributed by atoms with Gasteiger partial charge in [0.1, 0.15) is 5.75 Å². The van der Waals surface area contributed by atoms with Crippen LogP contribution in [0.2, 0.25) is 0 Å². The fraction of sp³-hybridized carbons (Fsp3) is 0.556. The molecule has 2 heterocycles. The van der Waals surface area contributed by atoms with Crippen molar-refractivity contribution in [3.05, 3.63) is 24.3 Å². The molecular weight excluding hydrogens is 320 g/mol. The van der Waals surface area contributed by atoms with Gasteiger partial charge in [-0.25, -0.2) is 4.79 Å². The number of ether oxygens (including phenoxy) is 1. The van der Waals surface area contributed by atoms with Crippen molar-refractivity contribution < 1.29 is 14.3 Å². The van der Waals surface area contributed by atoms with Crippen LogP contribution < -0.4 is 15.0 Å². The van der Waals surface area contributed by atoms with Gasteiger partial charge in [0.15, 0.2) is 0 Å². The predicted octanol–water partition coefficient (Wildman–Crippen LogP) is 1.15. The van der Waals surface area contributed by atoms with E-state index in [2.05, 4.69) is 21.2 Å². The van der Waals surface area contributed by atoms with Crippen molar-refractivity contribution in [3.8, 4) is 5.75 Å². The first-order valence-electron chi connectivity index (χ1n) is 8.92. The van der Waals surface area contributed by atoms with Gasteiger partial charge < -0.3 is 15.0 Å². The lowest BCUT2D eigenvalue weighted by molar-refractivity contribution is -0.132. The average Bonchev–Trinajstić information content (AvgIpc) is 3.07. The fourth-order valence-corrected chi connectivity index (χ4v) is 3.41. The summed E-state index contributed by atoms with van der Waals surface area (Å²) in [5.74, 6) is 0.787. The van der Waals surface area contributed by atoms with E-state index in [1.54, 1.807) is 0 Å². The third-order valence-electron chi connectivity index (χ3n) is 4.85. The van der Waals surface area contributed by atoms with E-state index in [1.807, 2.05) is 32.0 Å². The van der Waals surface area contributed by atoms with Gasteiger partial charge >= 0.3 is 6.03 Å². The minimum atomic E-state index is -0.284. The maximum Gasteiger partial charge on any atom is 0.324 e. The molecule has 1 aromatic rings. The molecule has 0 spiro atoms. The molecule has 1 atom stereocenters. The Bertz CT molecular complexity index is 629. The van der Waals surface area contributed by atoms with Crippen LogP contribution in [0, 0.1) is 0 Å². The monoisotopic (exact) mass is 346 g/mol. The largest absolute Gasteiger partial charge is 0.492 e. The zero-order valence-electron chi connectivity index (χ0n) is 14.9. The molecule has 25 heavy (non-hydrogen) atoms. The molecule has 0 aromatic heterocycles. The highest BCUT2D eigenvalue weighted by Gasteiger charge is 2.34. The van der Waals surface area contributed by atoms with Gasteiger partial charge in [0, 0.05) is 39.3 Å². The Hall–Kier alpha value is -2.28. The van der Waals surface area contributed by atoms with Crippen molar-refractivity contribution in [2.45, 2.75) is 19.9 Å². The maximum atomic E-state index is 12.5. The summed E-state index contributed by atoms with van der Waals surface area (Å²) >= 11 is 0. The molecule has 0 saturated carbocycles. The minimum Gasteiger partial charge on any atom is -0.492 e. The number of carbonyl (C=O) groups excluding carboxylic acids is 2. The molecule has 3 amide bonds. The van der Waals surface area contributed by atoms with Crippen LogP contribution in [-0.4, -0.2) is 73.7 Å². The van der Waals surface area contributed by atoms with E-state index >= 15 is 0 Å². The van der Waals surface area contributed by atoms with Gasteiger partial charge in [-0.2, -0.15) is 0 Å². The number of hydrogen-bond donors (Lipinski definition) is 1. The number of piperazine rings is 1. The standard InChI is InChI=1S/C18H26N4O3/c1-3-25-16-7-5-4-6-15(16)21-12-10-20(11-13-21)14(2)17(23)22-9-8-19-18(22)24/h4-7,14H,3,8-13H2,1-2H3,(H,19,24)/t14-/m0/s1. The Morgan fingerprint density at radius 3 is 2.56 bits per heavy atom. The molecule has 2 fully saturated rings. The molecule has 2 saturated heterocycles. The van der Waals surface area contributed by atoms with Crippen molar-refractivity contribution in [2.24, 2.45) is 0 Å². The zero-order valence-corrected chi connectivity index (χ0v) is 14.9. The molecule has 0 unspecified atom stereocenters. The van der Waals surface area contributed by atoms with Gasteiger partial charge in [0.2, 0.25) is 5.91 Å². The van der Waals surface area contributed by atoms with E-state index in [4.69, 9.17) is 4.74 Å². The number of benzene rings is 1. The van der Waals surface area contributed by atoms with Crippen molar-refractivity contribution >= 4 is 17.6 Å². The van der Waals surface area contributed by atoms with Gasteiger partial charge in [-0.1, -0.05) is 12.1 Å². The van der Waals surface area contributed by atoms with Gasteiger partial charge in [0.25, 0.3) is 0 Å². The van der Waals surface area contributed by atoms with E-state index in [-0.39, 0.29) is 18.0 Å². The van der Waals surface area contributed by atoms with Crippen LogP contribution in [0.15, 0.2) is 24.3 Å². The lowest BCUT2D eigenvalue weighted by Crippen LogP contribution is -2.55. The Labute approximate surface area is 148 Å². The van der Waals surface area contributed by atoms with E-state index in [9.17, 15) is 9.59 Å². The van der Waals surface area contributed by atoms with Gasteiger partial charge in [-0.15, -0.1) is 0 Å². The number of amides is 3. The summed E-state index contributed by atoms with van der Waals surface area (Å²) in [6, 6.07) is 7.50. The minimum absolute atomic E-state index is 0.113. The van der Waals surface area contributed by atoms with Crippen LogP contribution >= 0.6 is 0 Å². The normalized spacial score (nSPS) is 19.7. The molecule has 7 heteroatoms. The number of nitrogens with zero attached hydrogens (tertiary/aromatic N) is 3. The summed E-state index contributed by atoms with van der Waals surface area (Å²) in [5.41, 5.74) is 1.10. The maximum absolute atomic E-state index is 12.5. The first-order chi connectivity index (χ1) is 12.1. The molecule has 2 aliphatic heterocycles. The van der Waals surface area contributed by atoms with Crippen LogP contribution in [0.5, 0.6) is 5.75 Å². The first kappa shape index (κ1) is 17.5. The first-order valence-corrected chi connectivity index (χ1v) is 8.92. The number of hydrogen-bond acceptors (Lipinski definition) is 5. The van der Waals surface area contributed by atoms with Gasteiger partial charge in [0.05, 0.1) is 18.3 Å². The van der Waals surface area contributed by atoms with Gasteiger partial charge in [-0.05, 0) is 26.0 Å². The molecule has 136 valence electrons.